The summed E-state index contributed by atoms with van der Waals surface area (Å²) >= 11 is 1.47. The number of esters is 1. The second kappa shape index (κ2) is 6.55. The second-order valence-corrected chi connectivity index (χ2v) is 6.61. The van der Waals surface area contributed by atoms with Gasteiger partial charge in [-0.05, 0) is 19.8 Å². The quantitative estimate of drug-likeness (QED) is 0.760. The van der Waals surface area contributed by atoms with E-state index in [4.69, 9.17) is 4.74 Å². The first-order chi connectivity index (χ1) is 9.95. The van der Waals surface area contributed by atoms with E-state index in [1.54, 1.807) is 4.90 Å². The molecule has 0 aromatic carbocycles. The predicted molar refractivity (Wildman–Crippen MR) is 76.9 cm³/mol. The van der Waals surface area contributed by atoms with Gasteiger partial charge in [0, 0.05) is 18.8 Å². The fraction of sp³-hybridized carbons (Fsp3) is 0.769. The number of carboxylic acid groups (broad SMARTS) is 1. The number of carbonyl (C=O) groups is 3. The Balaban J connectivity index is 1.98. The number of thioether (sulfide) groups is 1. The summed E-state index contributed by atoms with van der Waals surface area (Å²) in [5.74, 6) is -0.958. The molecule has 0 spiro atoms. The Morgan fingerprint density at radius 1 is 1.24 bits per heavy atom. The highest BCUT2D eigenvalue weighted by molar-refractivity contribution is 8.00. The Bertz CT molecular complexity index is 436. The van der Waals surface area contributed by atoms with Gasteiger partial charge in [0.2, 0.25) is 0 Å². The first kappa shape index (κ1) is 15.9. The molecule has 21 heavy (non-hydrogen) atoms. The van der Waals surface area contributed by atoms with Crippen LogP contribution in [0.25, 0.3) is 0 Å². The normalized spacial score (nSPS) is 26.8. The zero-order valence-corrected chi connectivity index (χ0v) is 13.0. The van der Waals surface area contributed by atoms with Crippen LogP contribution < -0.4 is 0 Å². The van der Waals surface area contributed by atoms with E-state index in [1.807, 2.05) is 6.92 Å². The van der Waals surface area contributed by atoms with Crippen molar-refractivity contribution in [3.05, 3.63) is 0 Å². The van der Waals surface area contributed by atoms with E-state index in [9.17, 15) is 19.5 Å². The maximum atomic E-state index is 12.5. The van der Waals surface area contributed by atoms with Gasteiger partial charge in [-0.2, -0.15) is 0 Å². The Labute approximate surface area is 127 Å². The van der Waals surface area contributed by atoms with Crippen LogP contribution in [-0.4, -0.2) is 70.2 Å². The van der Waals surface area contributed by atoms with Gasteiger partial charge in [0.25, 0.3) is 0 Å². The lowest BCUT2D eigenvalue weighted by Gasteiger charge is -2.36. The molecule has 2 fully saturated rings. The minimum absolute atomic E-state index is 0.142. The number of urea groups is 1. The highest BCUT2D eigenvalue weighted by atomic mass is 32.2. The van der Waals surface area contributed by atoms with E-state index < -0.39 is 12.0 Å². The smallest absolute Gasteiger partial charge is 0.327 e. The third kappa shape index (κ3) is 3.25. The van der Waals surface area contributed by atoms with E-state index in [1.165, 1.54) is 23.8 Å². The zero-order valence-electron chi connectivity index (χ0n) is 12.2. The summed E-state index contributed by atoms with van der Waals surface area (Å²) in [6.45, 7) is 2.75. The third-order valence-electron chi connectivity index (χ3n) is 4.03. The van der Waals surface area contributed by atoms with Gasteiger partial charge in [0.1, 0.15) is 6.04 Å². The van der Waals surface area contributed by atoms with Gasteiger partial charge in [-0.25, -0.2) is 9.59 Å². The van der Waals surface area contributed by atoms with Crippen molar-refractivity contribution in [2.45, 2.75) is 31.2 Å². The van der Waals surface area contributed by atoms with Gasteiger partial charge in [0.15, 0.2) is 0 Å². The number of rotatable bonds is 2. The third-order valence-corrected chi connectivity index (χ3v) is 5.25. The Hall–Kier alpha value is -1.44. The average Bonchev–Trinajstić information content (AvgIpc) is 2.87. The maximum absolute atomic E-state index is 12.5. The molecule has 0 bridgehead atoms. The minimum atomic E-state index is -0.968. The molecule has 0 saturated carbocycles. The van der Waals surface area contributed by atoms with Crippen LogP contribution in [0.2, 0.25) is 0 Å². The van der Waals surface area contributed by atoms with E-state index >= 15 is 0 Å². The Kier molecular flexibility index (Phi) is 4.97. The van der Waals surface area contributed by atoms with Crippen LogP contribution in [0.4, 0.5) is 4.79 Å². The molecule has 2 aliphatic rings. The number of likely N-dealkylation sites (tertiary alicyclic amines) is 1. The molecule has 0 radical (unpaired) electrons. The summed E-state index contributed by atoms with van der Waals surface area (Å²) in [6, 6.07) is -1.01. The molecular weight excluding hydrogens is 296 g/mol. The Morgan fingerprint density at radius 2 is 1.86 bits per heavy atom. The van der Waals surface area contributed by atoms with Crippen LogP contribution in [0, 0.1) is 5.92 Å². The fourth-order valence-electron chi connectivity index (χ4n) is 2.76. The number of hydrogen-bond acceptors (Lipinski definition) is 5. The van der Waals surface area contributed by atoms with Crippen molar-refractivity contribution in [2.24, 2.45) is 5.92 Å². The Morgan fingerprint density at radius 3 is 2.38 bits per heavy atom. The highest BCUT2D eigenvalue weighted by Crippen LogP contribution is 2.31. The van der Waals surface area contributed by atoms with Crippen molar-refractivity contribution >= 4 is 29.7 Å². The second-order valence-electron chi connectivity index (χ2n) is 5.26. The fourth-order valence-corrected chi connectivity index (χ4v) is 3.92. The summed E-state index contributed by atoms with van der Waals surface area (Å²) in [5.41, 5.74) is 0. The van der Waals surface area contributed by atoms with E-state index in [0.717, 1.165) is 0 Å². The van der Waals surface area contributed by atoms with E-state index in [-0.39, 0.29) is 23.3 Å². The van der Waals surface area contributed by atoms with Crippen molar-refractivity contribution in [2.75, 3.05) is 26.0 Å². The molecule has 0 aliphatic carbocycles. The monoisotopic (exact) mass is 316 g/mol. The standard InChI is InChI=1S/C13H20N2O5S/c1-8-15(10(7-21-8)11(16)17)13(19)14-5-3-9(4-6-14)12(18)20-2/h8-10H,3-7H2,1-2H3,(H,16,17). The van der Waals surface area contributed by atoms with Gasteiger partial charge < -0.3 is 14.7 Å². The molecule has 2 atom stereocenters. The SMILES string of the molecule is COC(=O)C1CCN(C(=O)N2C(C)SCC2C(=O)O)CC1. The molecule has 2 heterocycles. The topological polar surface area (TPSA) is 87.2 Å². The summed E-state index contributed by atoms with van der Waals surface area (Å²) in [6.07, 6.45) is 1.12. The first-order valence-corrected chi connectivity index (χ1v) is 8.00. The zero-order chi connectivity index (χ0) is 15.6. The summed E-state index contributed by atoms with van der Waals surface area (Å²) in [4.78, 5) is 38.3. The molecule has 2 amide bonds. The van der Waals surface area contributed by atoms with Crippen LogP contribution >= 0.6 is 11.8 Å². The van der Waals surface area contributed by atoms with Crippen molar-refractivity contribution < 1.29 is 24.2 Å². The number of ether oxygens (including phenoxy) is 1. The van der Waals surface area contributed by atoms with Crippen LogP contribution in [0.15, 0.2) is 0 Å². The van der Waals surface area contributed by atoms with Crippen LogP contribution in [-0.2, 0) is 14.3 Å². The van der Waals surface area contributed by atoms with Gasteiger partial charge in [0.05, 0.1) is 18.4 Å². The van der Waals surface area contributed by atoms with Crippen LogP contribution in [0.5, 0.6) is 0 Å². The first-order valence-electron chi connectivity index (χ1n) is 6.95. The highest BCUT2D eigenvalue weighted by Gasteiger charge is 2.42. The summed E-state index contributed by atoms with van der Waals surface area (Å²) in [7, 11) is 1.36. The summed E-state index contributed by atoms with van der Waals surface area (Å²) < 4.78 is 4.72. The molecule has 0 aromatic heterocycles. The van der Waals surface area contributed by atoms with Crippen molar-refractivity contribution in [3.8, 4) is 0 Å². The lowest BCUT2D eigenvalue weighted by atomic mass is 9.97. The molecule has 2 rings (SSSR count). The predicted octanol–water partition coefficient (Wildman–Crippen LogP) is 0.839. The molecule has 1 N–H and O–H groups in total. The number of hydrogen-bond donors (Lipinski definition) is 1. The number of aliphatic carboxylic acids is 1. The largest absolute Gasteiger partial charge is 0.480 e. The van der Waals surface area contributed by atoms with E-state index in [2.05, 4.69) is 0 Å². The number of piperidine rings is 1. The van der Waals surface area contributed by atoms with Gasteiger partial charge in [-0.1, -0.05) is 0 Å². The van der Waals surface area contributed by atoms with Crippen molar-refractivity contribution in [1.29, 1.82) is 0 Å². The van der Waals surface area contributed by atoms with Crippen LogP contribution in [0.1, 0.15) is 19.8 Å². The van der Waals surface area contributed by atoms with E-state index in [0.29, 0.717) is 31.7 Å². The molecule has 2 unspecified atom stereocenters. The number of methoxy groups -OCH3 is 1. The lowest BCUT2D eigenvalue weighted by molar-refractivity contribution is -0.146. The average molecular weight is 316 g/mol. The van der Waals surface area contributed by atoms with Crippen molar-refractivity contribution in [1.82, 2.24) is 9.80 Å². The molecule has 118 valence electrons. The number of carboxylic acids is 1. The summed E-state index contributed by atoms with van der Waals surface area (Å²) in [5, 5.41) is 9.07. The van der Waals surface area contributed by atoms with Gasteiger partial charge >= 0.3 is 18.0 Å². The van der Waals surface area contributed by atoms with Gasteiger partial charge in [-0.15, -0.1) is 11.8 Å². The molecule has 2 saturated heterocycles. The van der Waals surface area contributed by atoms with Gasteiger partial charge in [-0.3, -0.25) is 9.69 Å². The number of amides is 2. The molecule has 7 nitrogen and oxygen atoms in total. The van der Waals surface area contributed by atoms with Crippen LogP contribution in [0.3, 0.4) is 0 Å². The molecule has 0 aromatic rings. The molecule has 8 heteroatoms. The van der Waals surface area contributed by atoms with Crippen molar-refractivity contribution in [3.63, 3.8) is 0 Å². The number of carbonyl (C=O) groups excluding carboxylic acids is 2. The lowest BCUT2D eigenvalue weighted by Crippen LogP contribution is -2.53. The maximum Gasteiger partial charge on any atom is 0.327 e. The number of nitrogens with zero attached hydrogens (tertiary/aromatic N) is 2. The molecular formula is C13H20N2O5S. The molecule has 2 aliphatic heterocycles. The minimum Gasteiger partial charge on any atom is -0.480 e.